The lowest BCUT2D eigenvalue weighted by molar-refractivity contribution is -0.144. The molecule has 0 bridgehead atoms. The van der Waals surface area contributed by atoms with Gasteiger partial charge in [-0.05, 0) is 59.6 Å². The maximum Gasteiger partial charge on any atom is 0.411 e. The molecule has 1 aromatic rings. The number of aromatic carboxylic acids is 1. The fourth-order valence-electron chi connectivity index (χ4n) is 2.12. The van der Waals surface area contributed by atoms with Gasteiger partial charge in [0, 0.05) is 7.05 Å². The number of amides is 1. The third-order valence-electron chi connectivity index (χ3n) is 3.22. The molecule has 10 heteroatoms. The summed E-state index contributed by atoms with van der Waals surface area (Å²) in [6.45, 7) is 6.42. The van der Waals surface area contributed by atoms with Crippen LogP contribution in [0.2, 0.25) is 0 Å². The van der Waals surface area contributed by atoms with Gasteiger partial charge in [0.05, 0.1) is 33.5 Å². The molecular formula is C16H22Br2N2O6. The van der Waals surface area contributed by atoms with E-state index in [1.807, 2.05) is 0 Å². The molecular weight excluding hydrogens is 476 g/mol. The van der Waals surface area contributed by atoms with Crippen LogP contribution in [0.3, 0.4) is 0 Å². The van der Waals surface area contributed by atoms with Crippen molar-refractivity contribution in [3.63, 3.8) is 0 Å². The number of rotatable bonds is 6. The van der Waals surface area contributed by atoms with E-state index in [-0.39, 0.29) is 25.3 Å². The van der Waals surface area contributed by atoms with Crippen molar-refractivity contribution >= 4 is 49.9 Å². The van der Waals surface area contributed by atoms with E-state index >= 15 is 0 Å². The van der Waals surface area contributed by atoms with Gasteiger partial charge in [0.2, 0.25) is 0 Å². The van der Waals surface area contributed by atoms with Crippen molar-refractivity contribution in [3.8, 4) is 0 Å². The molecule has 0 saturated heterocycles. The van der Waals surface area contributed by atoms with Crippen LogP contribution in [0, 0.1) is 0 Å². The van der Waals surface area contributed by atoms with Gasteiger partial charge < -0.3 is 19.1 Å². The highest BCUT2D eigenvalue weighted by Crippen LogP contribution is 2.33. The van der Waals surface area contributed by atoms with Crippen LogP contribution < -0.4 is 0 Å². The summed E-state index contributed by atoms with van der Waals surface area (Å²) in [6, 6.07) is 0. The second-order valence-electron chi connectivity index (χ2n) is 6.43. The van der Waals surface area contributed by atoms with Gasteiger partial charge in [-0.1, -0.05) is 0 Å². The number of hydrogen-bond donors (Lipinski definition) is 1. The highest BCUT2D eigenvalue weighted by atomic mass is 79.9. The number of halogens is 2. The van der Waals surface area contributed by atoms with Gasteiger partial charge in [-0.15, -0.1) is 0 Å². The maximum atomic E-state index is 12.5. The molecule has 1 amide bonds. The molecule has 0 unspecified atom stereocenters. The highest BCUT2D eigenvalue weighted by Gasteiger charge is 2.29. The quantitative estimate of drug-likeness (QED) is 0.603. The van der Waals surface area contributed by atoms with E-state index in [2.05, 4.69) is 31.9 Å². The minimum absolute atomic E-state index is 0.00297. The summed E-state index contributed by atoms with van der Waals surface area (Å²) in [5, 5.41) is 9.50. The Balaban J connectivity index is 3.25. The van der Waals surface area contributed by atoms with E-state index in [4.69, 9.17) is 9.47 Å². The number of hydrogen-bond acceptors (Lipinski definition) is 5. The third kappa shape index (κ3) is 5.73. The predicted octanol–water partition coefficient (Wildman–Crippen LogP) is 3.55. The van der Waals surface area contributed by atoms with Gasteiger partial charge >= 0.3 is 18.0 Å². The molecule has 1 aromatic heterocycles. The third-order valence-corrected chi connectivity index (χ3v) is 5.45. The topological polar surface area (TPSA) is 98.1 Å². The average molecular weight is 498 g/mol. The van der Waals surface area contributed by atoms with Crippen molar-refractivity contribution < 1.29 is 29.0 Å². The minimum atomic E-state index is -1.16. The molecule has 0 aliphatic rings. The Kier molecular flexibility index (Phi) is 7.70. The van der Waals surface area contributed by atoms with E-state index in [1.54, 1.807) is 39.3 Å². The Morgan fingerprint density at radius 1 is 1.23 bits per heavy atom. The molecule has 26 heavy (non-hydrogen) atoms. The van der Waals surface area contributed by atoms with Gasteiger partial charge in [-0.25, -0.2) is 9.59 Å². The first kappa shape index (κ1) is 22.5. The lowest BCUT2D eigenvalue weighted by atomic mass is 10.2. The van der Waals surface area contributed by atoms with Crippen molar-refractivity contribution in [2.75, 3.05) is 13.2 Å². The number of ether oxygens (including phenoxy) is 2. The summed E-state index contributed by atoms with van der Waals surface area (Å²) in [4.78, 5) is 37.1. The molecule has 146 valence electrons. The average Bonchev–Trinajstić information content (AvgIpc) is 2.69. The molecule has 0 atom stereocenters. The van der Waals surface area contributed by atoms with E-state index in [0.717, 1.165) is 4.90 Å². The SMILES string of the molecule is CCOC(=O)CN(Cc1c(C(=O)O)c(Br)c(Br)n1C)C(=O)OC(C)(C)C. The van der Waals surface area contributed by atoms with Gasteiger partial charge in [0.1, 0.15) is 12.1 Å². The molecule has 1 heterocycles. The summed E-state index contributed by atoms with van der Waals surface area (Å²) in [6.07, 6.45) is -0.740. The first-order chi connectivity index (χ1) is 11.9. The summed E-state index contributed by atoms with van der Waals surface area (Å²) in [7, 11) is 1.65. The molecule has 0 fully saturated rings. The summed E-state index contributed by atoms with van der Waals surface area (Å²) < 4.78 is 12.7. The van der Waals surface area contributed by atoms with Gasteiger partial charge in [-0.3, -0.25) is 9.69 Å². The van der Waals surface area contributed by atoms with Gasteiger partial charge in [0.25, 0.3) is 0 Å². The lowest BCUT2D eigenvalue weighted by Crippen LogP contribution is -2.40. The van der Waals surface area contributed by atoms with Crippen molar-refractivity contribution in [1.82, 2.24) is 9.47 Å². The van der Waals surface area contributed by atoms with Crippen LogP contribution in [0.4, 0.5) is 4.79 Å². The van der Waals surface area contributed by atoms with Crippen LogP contribution in [0.25, 0.3) is 0 Å². The number of carbonyl (C=O) groups excluding carboxylic acids is 2. The van der Waals surface area contributed by atoms with Crippen LogP contribution in [-0.4, -0.2) is 51.4 Å². The Bertz CT molecular complexity index is 709. The molecule has 0 radical (unpaired) electrons. The second-order valence-corrected chi connectivity index (χ2v) is 7.98. The monoisotopic (exact) mass is 496 g/mol. The molecule has 0 spiro atoms. The summed E-state index contributed by atoms with van der Waals surface area (Å²) >= 11 is 6.53. The minimum Gasteiger partial charge on any atom is -0.478 e. The first-order valence-corrected chi connectivity index (χ1v) is 9.37. The number of carbonyl (C=O) groups is 3. The number of esters is 1. The smallest absolute Gasteiger partial charge is 0.411 e. The molecule has 0 saturated carbocycles. The number of nitrogens with zero attached hydrogens (tertiary/aromatic N) is 2. The second kappa shape index (κ2) is 8.90. The fourth-order valence-corrected chi connectivity index (χ4v) is 3.20. The predicted molar refractivity (Wildman–Crippen MR) is 101 cm³/mol. The lowest BCUT2D eigenvalue weighted by Gasteiger charge is -2.27. The molecule has 0 aliphatic carbocycles. The Labute approximate surface area is 168 Å². The first-order valence-electron chi connectivity index (χ1n) is 7.78. The number of aromatic nitrogens is 1. The maximum absolute atomic E-state index is 12.5. The largest absolute Gasteiger partial charge is 0.478 e. The molecule has 1 rings (SSSR count). The van der Waals surface area contributed by atoms with Crippen LogP contribution in [0.5, 0.6) is 0 Å². The van der Waals surface area contributed by atoms with Crippen molar-refractivity contribution in [3.05, 3.63) is 20.3 Å². The Morgan fingerprint density at radius 3 is 2.27 bits per heavy atom. The Morgan fingerprint density at radius 2 is 1.81 bits per heavy atom. The highest BCUT2D eigenvalue weighted by molar-refractivity contribution is 9.13. The number of carboxylic acid groups (broad SMARTS) is 1. The fraction of sp³-hybridized carbons (Fsp3) is 0.562. The van der Waals surface area contributed by atoms with Crippen LogP contribution >= 0.6 is 31.9 Å². The number of carboxylic acids is 1. The van der Waals surface area contributed by atoms with Crippen molar-refractivity contribution in [1.29, 1.82) is 0 Å². The Hall–Kier alpha value is -1.55. The van der Waals surface area contributed by atoms with Gasteiger partial charge in [0.15, 0.2) is 0 Å². The normalized spacial score (nSPS) is 11.2. The molecule has 1 N–H and O–H groups in total. The van der Waals surface area contributed by atoms with Crippen molar-refractivity contribution in [2.45, 2.75) is 39.8 Å². The summed E-state index contributed by atoms with van der Waals surface area (Å²) in [5.74, 6) is -1.77. The van der Waals surface area contributed by atoms with Crippen LogP contribution in [-0.2, 0) is 27.9 Å². The zero-order valence-electron chi connectivity index (χ0n) is 15.3. The van der Waals surface area contributed by atoms with E-state index < -0.39 is 23.6 Å². The van der Waals surface area contributed by atoms with Crippen LogP contribution in [0.1, 0.15) is 43.7 Å². The molecule has 0 aliphatic heterocycles. The summed E-state index contributed by atoms with van der Waals surface area (Å²) in [5.41, 5.74) is -0.446. The van der Waals surface area contributed by atoms with Crippen LogP contribution in [0.15, 0.2) is 9.08 Å². The van der Waals surface area contributed by atoms with Crippen molar-refractivity contribution in [2.24, 2.45) is 7.05 Å². The standard InChI is InChI=1S/C16H22Br2N2O6/c1-6-25-10(21)8-20(15(24)26-16(2,3)4)7-9-11(14(22)23)12(17)13(18)19(9)5/h6-8H2,1-5H3,(H,22,23). The van der Waals surface area contributed by atoms with E-state index in [1.165, 1.54) is 0 Å². The van der Waals surface area contributed by atoms with E-state index in [0.29, 0.717) is 14.8 Å². The zero-order valence-corrected chi connectivity index (χ0v) is 18.4. The molecule has 8 nitrogen and oxygen atoms in total. The van der Waals surface area contributed by atoms with E-state index in [9.17, 15) is 19.5 Å². The molecule has 0 aromatic carbocycles. The zero-order chi connectivity index (χ0) is 20.2. The van der Waals surface area contributed by atoms with Gasteiger partial charge in [-0.2, -0.15) is 0 Å².